The lowest BCUT2D eigenvalue weighted by Gasteiger charge is -2.22. The summed E-state index contributed by atoms with van der Waals surface area (Å²) in [6.45, 7) is 4.25. The Morgan fingerprint density at radius 3 is 2.38 bits per heavy atom. The zero-order chi connectivity index (χ0) is 17.5. The highest BCUT2D eigenvalue weighted by Crippen LogP contribution is 2.13. The van der Waals surface area contributed by atoms with E-state index in [0.29, 0.717) is 12.1 Å². The van der Waals surface area contributed by atoms with Gasteiger partial charge in [-0.25, -0.2) is 4.39 Å². The first kappa shape index (κ1) is 17.7. The number of nitrogens with zero attached hydrogens (tertiary/aromatic N) is 1. The Balaban J connectivity index is 2.07. The SMILES string of the molecule is CCCN(CC(=O)Nc1ccccc1C)C(=O)c1ccc(F)cc1. The average molecular weight is 328 g/mol. The van der Waals surface area contributed by atoms with E-state index in [1.54, 1.807) is 0 Å². The maximum atomic E-state index is 13.0. The highest BCUT2D eigenvalue weighted by atomic mass is 19.1. The molecule has 4 nitrogen and oxygen atoms in total. The van der Waals surface area contributed by atoms with Crippen LogP contribution in [0, 0.1) is 12.7 Å². The van der Waals surface area contributed by atoms with Gasteiger partial charge in [-0.15, -0.1) is 0 Å². The molecule has 0 radical (unpaired) electrons. The largest absolute Gasteiger partial charge is 0.329 e. The van der Waals surface area contributed by atoms with Gasteiger partial charge in [0.15, 0.2) is 0 Å². The predicted molar refractivity (Wildman–Crippen MR) is 92.4 cm³/mol. The fraction of sp³-hybridized carbons (Fsp3) is 0.263. The highest BCUT2D eigenvalue weighted by Gasteiger charge is 2.18. The predicted octanol–water partition coefficient (Wildman–Crippen LogP) is 3.63. The van der Waals surface area contributed by atoms with Gasteiger partial charge in [0.05, 0.1) is 0 Å². The van der Waals surface area contributed by atoms with Crippen LogP contribution in [0.3, 0.4) is 0 Å². The molecular weight excluding hydrogens is 307 g/mol. The van der Waals surface area contributed by atoms with E-state index in [4.69, 9.17) is 0 Å². The van der Waals surface area contributed by atoms with Crippen LogP contribution in [0.1, 0.15) is 29.3 Å². The molecular formula is C19H21FN2O2. The summed E-state index contributed by atoms with van der Waals surface area (Å²) in [6, 6.07) is 12.8. The van der Waals surface area contributed by atoms with E-state index < -0.39 is 5.82 Å². The monoisotopic (exact) mass is 328 g/mol. The van der Waals surface area contributed by atoms with Crippen LogP contribution >= 0.6 is 0 Å². The Bertz CT molecular complexity index is 714. The molecule has 0 bridgehead atoms. The van der Waals surface area contributed by atoms with Gasteiger partial charge in [-0.2, -0.15) is 0 Å². The lowest BCUT2D eigenvalue weighted by atomic mass is 10.2. The van der Waals surface area contributed by atoms with Crippen molar-refractivity contribution in [1.29, 1.82) is 0 Å². The Hall–Kier alpha value is -2.69. The third kappa shape index (κ3) is 4.65. The molecule has 2 rings (SSSR count). The molecule has 0 atom stereocenters. The number of anilines is 1. The molecule has 1 N–H and O–H groups in total. The summed E-state index contributed by atoms with van der Waals surface area (Å²) in [4.78, 5) is 26.3. The van der Waals surface area contributed by atoms with Gasteiger partial charge in [-0.1, -0.05) is 25.1 Å². The number of hydrogen-bond acceptors (Lipinski definition) is 2. The molecule has 0 fully saturated rings. The zero-order valence-corrected chi connectivity index (χ0v) is 13.9. The van der Waals surface area contributed by atoms with Crippen LogP contribution in [-0.2, 0) is 4.79 Å². The van der Waals surface area contributed by atoms with Crippen LogP contribution in [0.25, 0.3) is 0 Å². The van der Waals surface area contributed by atoms with Crippen LogP contribution in [0.4, 0.5) is 10.1 Å². The second-order valence-electron chi connectivity index (χ2n) is 5.60. The number of nitrogens with one attached hydrogen (secondary N) is 1. The van der Waals surface area contributed by atoms with Gasteiger partial charge in [0.2, 0.25) is 5.91 Å². The summed E-state index contributed by atoms with van der Waals surface area (Å²) in [5.41, 5.74) is 2.06. The fourth-order valence-corrected chi connectivity index (χ4v) is 2.37. The van der Waals surface area contributed by atoms with E-state index in [1.807, 2.05) is 38.1 Å². The van der Waals surface area contributed by atoms with Gasteiger partial charge in [0.1, 0.15) is 12.4 Å². The van der Waals surface area contributed by atoms with Crippen LogP contribution in [-0.4, -0.2) is 29.8 Å². The number of carbonyl (C=O) groups is 2. The molecule has 0 aliphatic rings. The Kier molecular flexibility index (Phi) is 6.07. The maximum absolute atomic E-state index is 13.0. The first-order chi connectivity index (χ1) is 11.5. The van der Waals surface area contributed by atoms with Crippen LogP contribution in [0.15, 0.2) is 48.5 Å². The maximum Gasteiger partial charge on any atom is 0.254 e. The zero-order valence-electron chi connectivity index (χ0n) is 13.9. The van der Waals surface area contributed by atoms with E-state index in [2.05, 4.69) is 5.32 Å². The van der Waals surface area contributed by atoms with E-state index in [-0.39, 0.29) is 18.4 Å². The number of halogens is 1. The van der Waals surface area contributed by atoms with Crippen molar-refractivity contribution in [3.05, 3.63) is 65.5 Å². The van der Waals surface area contributed by atoms with E-state index in [0.717, 1.165) is 17.7 Å². The van der Waals surface area contributed by atoms with Crippen molar-refractivity contribution in [2.24, 2.45) is 0 Å². The number of amides is 2. The summed E-state index contributed by atoms with van der Waals surface area (Å²) in [5.74, 6) is -0.934. The number of hydrogen-bond donors (Lipinski definition) is 1. The minimum atomic E-state index is -0.397. The minimum absolute atomic E-state index is 0.0433. The topological polar surface area (TPSA) is 49.4 Å². The molecule has 0 saturated heterocycles. The molecule has 2 aromatic rings. The molecule has 2 aromatic carbocycles. The van der Waals surface area contributed by atoms with Crippen molar-refractivity contribution in [3.8, 4) is 0 Å². The Morgan fingerprint density at radius 2 is 1.75 bits per heavy atom. The Labute approximate surface area is 141 Å². The minimum Gasteiger partial charge on any atom is -0.329 e. The number of benzene rings is 2. The molecule has 0 saturated carbocycles. The van der Waals surface area contributed by atoms with Crippen molar-refractivity contribution < 1.29 is 14.0 Å². The van der Waals surface area contributed by atoms with Crippen molar-refractivity contribution in [1.82, 2.24) is 4.90 Å². The average Bonchev–Trinajstić information content (AvgIpc) is 2.56. The molecule has 2 amide bonds. The van der Waals surface area contributed by atoms with Crippen molar-refractivity contribution in [2.75, 3.05) is 18.4 Å². The fourth-order valence-electron chi connectivity index (χ4n) is 2.37. The van der Waals surface area contributed by atoms with Gasteiger partial charge in [-0.05, 0) is 49.2 Å². The number of rotatable bonds is 6. The van der Waals surface area contributed by atoms with Crippen LogP contribution in [0.2, 0.25) is 0 Å². The molecule has 0 aromatic heterocycles. The quantitative estimate of drug-likeness (QED) is 0.880. The van der Waals surface area contributed by atoms with Gasteiger partial charge in [-0.3, -0.25) is 9.59 Å². The van der Waals surface area contributed by atoms with Crippen molar-refractivity contribution >= 4 is 17.5 Å². The normalized spacial score (nSPS) is 10.3. The van der Waals surface area contributed by atoms with E-state index in [1.165, 1.54) is 29.2 Å². The third-order valence-electron chi connectivity index (χ3n) is 3.63. The van der Waals surface area contributed by atoms with Gasteiger partial charge < -0.3 is 10.2 Å². The summed E-state index contributed by atoms with van der Waals surface area (Å²) < 4.78 is 13.0. The third-order valence-corrected chi connectivity index (χ3v) is 3.63. The van der Waals surface area contributed by atoms with Gasteiger partial charge in [0, 0.05) is 17.8 Å². The van der Waals surface area contributed by atoms with Gasteiger partial charge in [0.25, 0.3) is 5.91 Å². The molecule has 0 unspecified atom stereocenters. The van der Waals surface area contributed by atoms with E-state index >= 15 is 0 Å². The van der Waals surface area contributed by atoms with E-state index in [9.17, 15) is 14.0 Å². The molecule has 5 heteroatoms. The summed E-state index contributed by atoms with van der Waals surface area (Å²) in [7, 11) is 0. The van der Waals surface area contributed by atoms with Crippen molar-refractivity contribution in [2.45, 2.75) is 20.3 Å². The molecule has 126 valence electrons. The second kappa shape index (κ2) is 8.24. The molecule has 0 heterocycles. The van der Waals surface area contributed by atoms with Crippen molar-refractivity contribution in [3.63, 3.8) is 0 Å². The standard InChI is InChI=1S/C19H21FN2O2/c1-3-12-22(19(24)15-8-10-16(20)11-9-15)13-18(23)21-17-7-5-4-6-14(17)2/h4-11H,3,12-13H2,1-2H3,(H,21,23). The lowest BCUT2D eigenvalue weighted by Crippen LogP contribution is -2.38. The summed E-state index contributed by atoms with van der Waals surface area (Å²) >= 11 is 0. The first-order valence-corrected chi connectivity index (χ1v) is 7.91. The van der Waals surface area contributed by atoms with Gasteiger partial charge >= 0.3 is 0 Å². The Morgan fingerprint density at radius 1 is 1.08 bits per heavy atom. The smallest absolute Gasteiger partial charge is 0.254 e. The van der Waals surface area contributed by atoms with Crippen LogP contribution < -0.4 is 5.32 Å². The highest BCUT2D eigenvalue weighted by molar-refractivity contribution is 5.99. The molecule has 0 aliphatic carbocycles. The summed E-state index contributed by atoms with van der Waals surface area (Å²) in [6.07, 6.45) is 0.727. The number of aryl methyl sites for hydroxylation is 1. The summed E-state index contributed by atoms with van der Waals surface area (Å²) in [5, 5.41) is 2.82. The second-order valence-corrected chi connectivity index (χ2v) is 5.60. The number of carbonyl (C=O) groups excluding carboxylic acids is 2. The molecule has 24 heavy (non-hydrogen) atoms. The molecule has 0 spiro atoms. The molecule has 0 aliphatic heterocycles. The number of para-hydroxylation sites is 1. The van der Waals surface area contributed by atoms with Crippen LogP contribution in [0.5, 0.6) is 0 Å². The first-order valence-electron chi connectivity index (χ1n) is 7.91. The lowest BCUT2D eigenvalue weighted by molar-refractivity contribution is -0.116.